The van der Waals surface area contributed by atoms with Gasteiger partial charge in [-0.05, 0) is 6.92 Å². The van der Waals surface area contributed by atoms with Crippen molar-refractivity contribution < 1.29 is 20.3 Å². The zero-order valence-electron chi connectivity index (χ0n) is 10.1. The minimum atomic E-state index is -1.08. The number of carbonyl (C=O) groups excluding carboxylic acids is 1. The molecule has 104 valence electrons. The van der Waals surface area contributed by atoms with Crippen molar-refractivity contribution in [2.75, 3.05) is 18.4 Å². The number of nitrogens with one attached hydrogen (secondary N) is 1. The molecule has 1 aliphatic heterocycles. The van der Waals surface area contributed by atoms with Gasteiger partial charge in [-0.15, -0.1) is 0 Å². The molecule has 0 aromatic heterocycles. The Kier molecular flexibility index (Phi) is 5.88. The van der Waals surface area contributed by atoms with E-state index in [1.165, 1.54) is 12.1 Å². The number of guanidine groups is 1. The number of nitrogens with zero attached hydrogens (tertiary/aromatic N) is 1. The van der Waals surface area contributed by atoms with Crippen LogP contribution in [0.4, 0.5) is 5.69 Å². The van der Waals surface area contributed by atoms with Crippen LogP contribution in [-0.4, -0.2) is 30.1 Å². The van der Waals surface area contributed by atoms with Gasteiger partial charge in [-0.3, -0.25) is 10.6 Å². The second kappa shape index (κ2) is 7.18. The van der Waals surface area contributed by atoms with Crippen LogP contribution >= 0.6 is 23.2 Å². The van der Waals surface area contributed by atoms with E-state index >= 15 is 0 Å². The van der Waals surface area contributed by atoms with Gasteiger partial charge in [0.25, 0.3) is 5.96 Å². The minimum absolute atomic E-state index is 0.0490. The van der Waals surface area contributed by atoms with Gasteiger partial charge in [-0.2, -0.15) is 0 Å². The maximum Gasteiger partial charge on any atom is 0.299 e. The lowest BCUT2D eigenvalue weighted by molar-refractivity contribution is -0.527. The van der Waals surface area contributed by atoms with Gasteiger partial charge in [0.1, 0.15) is 12.3 Å². The van der Waals surface area contributed by atoms with E-state index < -0.39 is 5.97 Å². The number of phenolic OH excluding ortho intramolecular Hbond substituents is 1. The molecular weight excluding hydrogens is 293 g/mol. The van der Waals surface area contributed by atoms with Crippen molar-refractivity contribution in [2.45, 2.75) is 6.92 Å². The SMILES string of the molecule is CC(=O)[O-].Oc1cc(Cl)c(NC2=NCC[NH2+]2)c(Cl)c1. The Morgan fingerprint density at radius 1 is 1.47 bits per heavy atom. The highest BCUT2D eigenvalue weighted by atomic mass is 35.5. The standard InChI is InChI=1S/C9H9Cl2N3O.C2H4O2/c10-6-3-5(15)4-7(11)8(6)14-9-12-1-2-13-9;1-2(3)4/h3-4,15H,1-2H2,(H2,12,13,14);1H3,(H,3,4). The zero-order chi connectivity index (χ0) is 14.4. The molecule has 1 aliphatic rings. The third-order valence-electron chi connectivity index (χ3n) is 2.03. The summed E-state index contributed by atoms with van der Waals surface area (Å²) in [5.41, 5.74) is 0.577. The lowest BCUT2D eigenvalue weighted by Crippen LogP contribution is -2.87. The first-order chi connectivity index (χ1) is 8.90. The number of carboxylic acids is 1. The molecule has 8 heteroatoms. The lowest BCUT2D eigenvalue weighted by Gasteiger charge is -2.08. The number of aromatic hydroxyl groups is 1. The lowest BCUT2D eigenvalue weighted by atomic mass is 10.3. The van der Waals surface area contributed by atoms with Crippen LogP contribution in [0, 0.1) is 0 Å². The summed E-state index contributed by atoms with van der Waals surface area (Å²) in [5.74, 6) is -0.266. The van der Waals surface area contributed by atoms with Gasteiger partial charge in [0, 0.05) is 18.1 Å². The van der Waals surface area contributed by atoms with E-state index in [2.05, 4.69) is 10.3 Å². The molecule has 0 fully saturated rings. The van der Waals surface area contributed by atoms with Crippen molar-refractivity contribution in [1.82, 2.24) is 0 Å². The second-order valence-corrected chi connectivity index (χ2v) is 4.48. The monoisotopic (exact) mass is 305 g/mol. The van der Waals surface area contributed by atoms with Crippen LogP contribution in [0.25, 0.3) is 0 Å². The summed E-state index contributed by atoms with van der Waals surface area (Å²) >= 11 is 11.9. The predicted molar refractivity (Wildman–Crippen MR) is 71.5 cm³/mol. The molecule has 0 amide bonds. The predicted octanol–water partition coefficient (Wildman–Crippen LogP) is -0.200. The third-order valence-corrected chi connectivity index (χ3v) is 2.63. The summed E-state index contributed by atoms with van der Waals surface area (Å²) in [6.07, 6.45) is 0. The van der Waals surface area contributed by atoms with Gasteiger partial charge in [0.05, 0.1) is 22.3 Å². The quantitative estimate of drug-likeness (QED) is 0.625. The van der Waals surface area contributed by atoms with Crippen LogP contribution in [0.1, 0.15) is 6.92 Å². The van der Waals surface area contributed by atoms with Crippen molar-refractivity contribution in [2.24, 2.45) is 4.99 Å². The van der Waals surface area contributed by atoms with Crippen LogP contribution in [0.2, 0.25) is 10.0 Å². The number of benzene rings is 1. The molecule has 0 spiro atoms. The number of hydrogen-bond donors (Lipinski definition) is 3. The number of hydrogen-bond acceptors (Lipinski definition) is 5. The molecule has 1 heterocycles. The van der Waals surface area contributed by atoms with Crippen LogP contribution in [0.3, 0.4) is 0 Å². The first-order valence-electron chi connectivity index (χ1n) is 5.40. The van der Waals surface area contributed by atoms with E-state index in [1.54, 1.807) is 0 Å². The van der Waals surface area contributed by atoms with Crippen LogP contribution in [-0.2, 0) is 4.79 Å². The van der Waals surface area contributed by atoms with Crippen molar-refractivity contribution in [3.05, 3.63) is 22.2 Å². The highest BCUT2D eigenvalue weighted by Gasteiger charge is 2.15. The van der Waals surface area contributed by atoms with Crippen LogP contribution in [0.5, 0.6) is 5.75 Å². The number of rotatable bonds is 1. The van der Waals surface area contributed by atoms with Gasteiger partial charge in [-0.1, -0.05) is 23.2 Å². The molecule has 0 radical (unpaired) electrons. The van der Waals surface area contributed by atoms with Crippen molar-refractivity contribution >= 4 is 40.8 Å². The van der Waals surface area contributed by atoms with E-state index in [4.69, 9.17) is 33.1 Å². The summed E-state index contributed by atoms with van der Waals surface area (Å²) in [4.78, 5) is 13.1. The molecule has 0 unspecified atom stereocenters. The molecule has 0 saturated heterocycles. The van der Waals surface area contributed by atoms with Crippen molar-refractivity contribution in [3.8, 4) is 5.75 Å². The summed E-state index contributed by atoms with van der Waals surface area (Å²) in [6, 6.07) is 2.87. The molecule has 0 saturated carbocycles. The summed E-state index contributed by atoms with van der Waals surface area (Å²) in [5, 5.41) is 23.9. The Hall–Kier alpha value is -1.50. The largest absolute Gasteiger partial charge is 0.550 e. The molecule has 6 nitrogen and oxygen atoms in total. The fraction of sp³-hybridized carbons (Fsp3) is 0.273. The Bertz CT molecular complexity index is 479. The molecular formula is C11H13Cl2N3O3. The number of carbonyl (C=O) groups is 1. The van der Waals surface area contributed by atoms with Gasteiger partial charge in [0.2, 0.25) is 0 Å². The number of aliphatic carboxylic acids is 1. The minimum Gasteiger partial charge on any atom is -0.550 e. The highest BCUT2D eigenvalue weighted by molar-refractivity contribution is 6.39. The first kappa shape index (κ1) is 15.6. The third kappa shape index (κ3) is 5.34. The second-order valence-electron chi connectivity index (χ2n) is 3.66. The smallest absolute Gasteiger partial charge is 0.299 e. The number of halogens is 2. The molecule has 0 bridgehead atoms. The van der Waals surface area contributed by atoms with Crippen molar-refractivity contribution in [3.63, 3.8) is 0 Å². The Labute approximate surface area is 120 Å². The fourth-order valence-electron chi connectivity index (χ4n) is 1.35. The van der Waals surface area contributed by atoms with Crippen LogP contribution in [0.15, 0.2) is 17.1 Å². The van der Waals surface area contributed by atoms with Gasteiger partial charge in [0.15, 0.2) is 0 Å². The summed E-state index contributed by atoms with van der Waals surface area (Å²) in [6.45, 7) is 2.69. The maximum absolute atomic E-state index is 9.24. The number of nitrogens with two attached hydrogens (primary N) is 1. The molecule has 1 aromatic carbocycles. The number of carboxylic acid groups (broad SMARTS) is 1. The average molecular weight is 306 g/mol. The molecule has 4 N–H and O–H groups in total. The topological polar surface area (TPSA) is 101 Å². The van der Waals surface area contributed by atoms with Crippen LogP contribution < -0.4 is 15.7 Å². The molecule has 0 atom stereocenters. The molecule has 19 heavy (non-hydrogen) atoms. The molecule has 1 aromatic rings. The van der Waals surface area contributed by atoms with Gasteiger partial charge >= 0.3 is 0 Å². The Morgan fingerprint density at radius 2 is 2.00 bits per heavy atom. The Morgan fingerprint density at radius 3 is 2.42 bits per heavy atom. The normalized spacial score (nSPS) is 13.3. The number of quaternary nitrogens is 1. The molecule has 0 aliphatic carbocycles. The van der Waals surface area contributed by atoms with E-state index in [1.807, 2.05) is 5.32 Å². The van der Waals surface area contributed by atoms with E-state index in [0.29, 0.717) is 15.7 Å². The Balaban J connectivity index is 0.000000399. The number of phenols is 1. The number of aliphatic imine (C=N–C) groups is 1. The van der Waals surface area contributed by atoms with Crippen molar-refractivity contribution in [1.29, 1.82) is 0 Å². The maximum atomic E-state index is 9.24. The highest BCUT2D eigenvalue weighted by Crippen LogP contribution is 2.34. The fourth-order valence-corrected chi connectivity index (χ4v) is 1.92. The van der Waals surface area contributed by atoms with E-state index in [-0.39, 0.29) is 5.75 Å². The van der Waals surface area contributed by atoms with E-state index in [9.17, 15) is 5.11 Å². The van der Waals surface area contributed by atoms with Gasteiger partial charge in [-0.25, -0.2) is 4.99 Å². The van der Waals surface area contributed by atoms with Gasteiger partial charge < -0.3 is 15.0 Å². The molecule has 2 rings (SSSR count). The average Bonchev–Trinajstić information content (AvgIpc) is 2.75. The number of anilines is 1. The van der Waals surface area contributed by atoms with E-state index in [0.717, 1.165) is 26.0 Å². The summed E-state index contributed by atoms with van der Waals surface area (Å²) < 4.78 is 0. The first-order valence-corrected chi connectivity index (χ1v) is 6.16. The summed E-state index contributed by atoms with van der Waals surface area (Å²) in [7, 11) is 0. The zero-order valence-corrected chi connectivity index (χ0v) is 11.6.